The number of aliphatic hydroxyl groups excluding tert-OH is 2. The Hall–Kier alpha value is -0.633. The highest BCUT2D eigenvalue weighted by molar-refractivity contribution is 6.74. The van der Waals surface area contributed by atoms with Crippen LogP contribution in [0.1, 0.15) is 48.0 Å². The molecule has 2 N–H and O–H groups in total. The van der Waals surface area contributed by atoms with Gasteiger partial charge in [-0.1, -0.05) is 20.8 Å². The van der Waals surface area contributed by atoms with E-state index in [1.165, 1.54) is 4.90 Å². The largest absolute Gasteiger partial charge is 0.444 e. The quantitative estimate of drug-likeness (QED) is 0.756. The third-order valence-electron chi connectivity index (χ3n) is 4.85. The molecule has 1 aliphatic heterocycles. The van der Waals surface area contributed by atoms with E-state index in [1.807, 2.05) is 0 Å². The van der Waals surface area contributed by atoms with Crippen LogP contribution in [0.3, 0.4) is 0 Å². The summed E-state index contributed by atoms with van der Waals surface area (Å²) in [4.78, 5) is 14.0. The Morgan fingerprint density at radius 1 is 1.12 bits per heavy atom. The third kappa shape index (κ3) is 5.72. The first kappa shape index (κ1) is 21.4. The van der Waals surface area contributed by atoms with Gasteiger partial charge in [-0.05, 0) is 45.3 Å². The van der Waals surface area contributed by atoms with E-state index in [0.717, 1.165) is 0 Å². The maximum atomic E-state index is 12.5. The predicted molar refractivity (Wildman–Crippen MR) is 96.5 cm³/mol. The maximum absolute atomic E-state index is 12.5. The van der Waals surface area contributed by atoms with Gasteiger partial charge in [0.1, 0.15) is 5.60 Å². The minimum absolute atomic E-state index is 0.0572. The van der Waals surface area contributed by atoms with Crippen molar-refractivity contribution >= 4 is 14.4 Å². The van der Waals surface area contributed by atoms with E-state index >= 15 is 0 Å². The first-order valence-electron chi connectivity index (χ1n) is 8.64. The van der Waals surface area contributed by atoms with Crippen molar-refractivity contribution in [3.05, 3.63) is 0 Å². The monoisotopic (exact) mass is 361 g/mol. The van der Waals surface area contributed by atoms with Crippen LogP contribution in [0.4, 0.5) is 4.79 Å². The number of piperidine rings is 1. The summed E-state index contributed by atoms with van der Waals surface area (Å²) in [5, 5.41) is 20.0. The third-order valence-corrected chi connectivity index (χ3v) is 9.35. The second kappa shape index (κ2) is 7.31. The number of aliphatic hydroxyl groups is 2. The lowest BCUT2D eigenvalue weighted by Crippen LogP contribution is -2.58. The number of hydrogen-bond donors (Lipinski definition) is 2. The van der Waals surface area contributed by atoms with Crippen molar-refractivity contribution in [1.29, 1.82) is 0 Å². The molecule has 0 unspecified atom stereocenters. The van der Waals surface area contributed by atoms with E-state index in [0.29, 0.717) is 6.61 Å². The molecule has 7 heteroatoms. The number of rotatable bonds is 3. The second-order valence-corrected chi connectivity index (χ2v) is 14.0. The number of β-amino-alcohol motifs (C(OH)–C–C–N with tert-alkyl or cyclic N) is 1. The van der Waals surface area contributed by atoms with Crippen molar-refractivity contribution in [3.8, 4) is 0 Å². The number of ether oxygens (including phenoxy) is 1. The fourth-order valence-electron chi connectivity index (χ4n) is 2.26. The van der Waals surface area contributed by atoms with Gasteiger partial charge in [-0.15, -0.1) is 0 Å². The highest BCUT2D eigenvalue weighted by atomic mass is 28.4. The first-order valence-corrected chi connectivity index (χ1v) is 11.5. The van der Waals surface area contributed by atoms with Crippen LogP contribution in [-0.2, 0) is 9.16 Å². The zero-order valence-electron chi connectivity index (χ0n) is 16.4. The molecule has 1 fully saturated rings. The lowest BCUT2D eigenvalue weighted by molar-refractivity contribution is -0.0738. The van der Waals surface area contributed by atoms with Crippen molar-refractivity contribution < 1.29 is 24.2 Å². The summed E-state index contributed by atoms with van der Waals surface area (Å²) in [7, 11) is -1.96. The fourth-order valence-corrected chi connectivity index (χ4v) is 3.30. The molecule has 0 saturated carbocycles. The summed E-state index contributed by atoms with van der Waals surface area (Å²) in [6.45, 7) is 16.6. The maximum Gasteiger partial charge on any atom is 0.410 e. The molecule has 0 bridgehead atoms. The summed E-state index contributed by atoms with van der Waals surface area (Å²) >= 11 is 0. The standard InChI is InChI=1S/C17H35NO5Si/c1-16(2,3)23-15(21)18-10-14(20)13(19)9-12(18)11-22-24(7,8)17(4,5)6/h12-14,19-20H,9-11H2,1-8H3/t12-,13+,14-/m0/s1. The van der Waals surface area contributed by atoms with Gasteiger partial charge in [0.25, 0.3) is 0 Å². The number of amides is 1. The van der Waals surface area contributed by atoms with Gasteiger partial charge in [-0.25, -0.2) is 4.79 Å². The topological polar surface area (TPSA) is 79.2 Å². The number of nitrogens with zero attached hydrogens (tertiary/aromatic N) is 1. The van der Waals surface area contributed by atoms with Gasteiger partial charge < -0.3 is 24.3 Å². The summed E-state index contributed by atoms with van der Waals surface area (Å²) in [5.74, 6) is 0. The van der Waals surface area contributed by atoms with Crippen LogP contribution in [0.25, 0.3) is 0 Å². The van der Waals surface area contributed by atoms with Crippen LogP contribution >= 0.6 is 0 Å². The fraction of sp³-hybridized carbons (Fsp3) is 0.941. The van der Waals surface area contributed by atoms with Crippen LogP contribution in [-0.4, -0.2) is 66.5 Å². The molecule has 142 valence electrons. The van der Waals surface area contributed by atoms with E-state index < -0.39 is 32.2 Å². The van der Waals surface area contributed by atoms with E-state index in [9.17, 15) is 15.0 Å². The van der Waals surface area contributed by atoms with E-state index in [4.69, 9.17) is 9.16 Å². The Kier molecular flexibility index (Phi) is 6.52. The normalized spacial score (nSPS) is 26.4. The highest BCUT2D eigenvalue weighted by Crippen LogP contribution is 2.37. The summed E-state index contributed by atoms with van der Waals surface area (Å²) < 4.78 is 11.7. The molecule has 0 aromatic carbocycles. The smallest absolute Gasteiger partial charge is 0.410 e. The van der Waals surface area contributed by atoms with E-state index in [1.54, 1.807) is 20.8 Å². The molecule has 0 aromatic heterocycles. The van der Waals surface area contributed by atoms with Crippen LogP contribution in [0.2, 0.25) is 18.1 Å². The summed E-state index contributed by atoms with van der Waals surface area (Å²) in [5.41, 5.74) is -0.608. The number of likely N-dealkylation sites (tertiary alicyclic amines) is 1. The Bertz CT molecular complexity index is 441. The molecule has 0 radical (unpaired) electrons. The van der Waals surface area contributed by atoms with Gasteiger partial charge in [0, 0.05) is 0 Å². The molecule has 3 atom stereocenters. The molecule has 24 heavy (non-hydrogen) atoms. The highest BCUT2D eigenvalue weighted by Gasteiger charge is 2.42. The molecule has 6 nitrogen and oxygen atoms in total. The predicted octanol–water partition coefficient (Wildman–Crippen LogP) is 2.74. The average Bonchev–Trinajstić information content (AvgIpc) is 2.36. The van der Waals surface area contributed by atoms with Crippen molar-refractivity contribution in [2.24, 2.45) is 0 Å². The molecule has 1 rings (SSSR count). The van der Waals surface area contributed by atoms with Gasteiger partial charge in [-0.3, -0.25) is 0 Å². The zero-order chi connectivity index (χ0) is 18.9. The van der Waals surface area contributed by atoms with Crippen molar-refractivity contribution in [3.63, 3.8) is 0 Å². The van der Waals surface area contributed by atoms with Crippen molar-refractivity contribution in [1.82, 2.24) is 4.90 Å². The first-order chi connectivity index (χ1) is 10.6. The lowest BCUT2D eigenvalue weighted by atomic mass is 9.98. The van der Waals surface area contributed by atoms with Crippen molar-refractivity contribution in [2.75, 3.05) is 13.2 Å². The van der Waals surface area contributed by atoms with Crippen LogP contribution in [0.15, 0.2) is 0 Å². The number of carbonyl (C=O) groups is 1. The van der Waals surface area contributed by atoms with E-state index in [-0.39, 0.29) is 24.0 Å². The minimum atomic E-state index is -1.96. The Morgan fingerprint density at radius 2 is 1.67 bits per heavy atom. The number of carbonyl (C=O) groups excluding carboxylic acids is 1. The zero-order valence-corrected chi connectivity index (χ0v) is 17.4. The van der Waals surface area contributed by atoms with Gasteiger partial charge in [0.15, 0.2) is 8.32 Å². The molecule has 0 aromatic rings. The molecule has 1 aliphatic rings. The van der Waals surface area contributed by atoms with Gasteiger partial charge in [0.2, 0.25) is 0 Å². The Balaban J connectivity index is 2.85. The molecular formula is C17H35NO5Si. The SMILES string of the molecule is CC(C)(C)OC(=O)N1C[C@H](O)[C@H](O)C[C@H]1CO[Si](C)(C)C(C)(C)C. The molecule has 1 amide bonds. The molecule has 0 aliphatic carbocycles. The van der Waals surface area contributed by atoms with Crippen molar-refractivity contribution in [2.45, 2.75) is 89.9 Å². The van der Waals surface area contributed by atoms with Crippen LogP contribution in [0.5, 0.6) is 0 Å². The summed E-state index contributed by atoms with van der Waals surface area (Å²) in [6.07, 6.45) is -2.00. The van der Waals surface area contributed by atoms with Gasteiger partial charge in [-0.2, -0.15) is 0 Å². The average molecular weight is 362 g/mol. The van der Waals surface area contributed by atoms with Crippen LogP contribution in [0, 0.1) is 0 Å². The molecule has 1 heterocycles. The van der Waals surface area contributed by atoms with Gasteiger partial charge >= 0.3 is 6.09 Å². The van der Waals surface area contributed by atoms with E-state index in [2.05, 4.69) is 33.9 Å². The molecule has 0 spiro atoms. The Morgan fingerprint density at radius 3 is 2.12 bits per heavy atom. The number of hydrogen-bond acceptors (Lipinski definition) is 5. The second-order valence-electron chi connectivity index (χ2n) is 9.23. The molecule has 1 saturated heterocycles. The summed E-state index contributed by atoms with van der Waals surface area (Å²) in [6, 6.07) is -0.299. The van der Waals surface area contributed by atoms with Gasteiger partial charge in [0.05, 0.1) is 31.4 Å². The molecular weight excluding hydrogens is 326 g/mol. The minimum Gasteiger partial charge on any atom is -0.444 e. The van der Waals surface area contributed by atoms with Crippen LogP contribution < -0.4 is 0 Å². The Labute approximate surface area is 147 Å². The lowest BCUT2D eigenvalue weighted by Gasteiger charge is -2.43.